The number of carbonyl (C=O) groups is 2. The fourth-order valence-corrected chi connectivity index (χ4v) is 4.49. The summed E-state index contributed by atoms with van der Waals surface area (Å²) >= 11 is 0. The second-order valence-electron chi connectivity index (χ2n) is 5.50. The number of rotatable bonds is 2. The van der Waals surface area contributed by atoms with Crippen molar-refractivity contribution in [3.63, 3.8) is 0 Å². The van der Waals surface area contributed by atoms with Crippen molar-refractivity contribution in [1.82, 2.24) is 5.32 Å². The minimum absolute atomic E-state index is 0.0728. The van der Waals surface area contributed by atoms with Gasteiger partial charge in [-0.25, -0.2) is 4.79 Å². The Kier molecular flexibility index (Phi) is 3.80. The van der Waals surface area contributed by atoms with Gasteiger partial charge in [-0.2, -0.15) is 13.2 Å². The molecular formula is C10H16F3NO3Si. The molecule has 8 heteroatoms. The molecule has 0 aromatic heterocycles. The van der Waals surface area contributed by atoms with Gasteiger partial charge >= 0.3 is 18.1 Å². The van der Waals surface area contributed by atoms with Gasteiger partial charge in [0.05, 0.1) is 0 Å². The molecule has 0 bridgehead atoms. The van der Waals surface area contributed by atoms with E-state index in [1.54, 1.807) is 5.32 Å². The number of hydrogen-bond acceptors (Lipinski definition) is 2. The average molecular weight is 283 g/mol. The summed E-state index contributed by atoms with van der Waals surface area (Å²) in [6.45, 7) is 4.12. The van der Waals surface area contributed by atoms with Crippen LogP contribution in [0.1, 0.15) is 12.8 Å². The molecule has 1 amide bonds. The third-order valence-electron chi connectivity index (χ3n) is 3.48. The highest BCUT2D eigenvalue weighted by Gasteiger charge is 2.50. The van der Waals surface area contributed by atoms with Crippen molar-refractivity contribution < 1.29 is 27.9 Å². The summed E-state index contributed by atoms with van der Waals surface area (Å²) in [6.07, 6.45) is -4.90. The number of carboxylic acids is 1. The van der Waals surface area contributed by atoms with E-state index >= 15 is 0 Å². The van der Waals surface area contributed by atoms with E-state index in [9.17, 15) is 22.8 Å². The minimum Gasteiger partial charge on any atom is -0.480 e. The molecule has 1 fully saturated rings. The number of hydrogen-bond donors (Lipinski definition) is 2. The molecule has 1 aliphatic heterocycles. The Morgan fingerprint density at radius 2 is 1.67 bits per heavy atom. The summed E-state index contributed by atoms with van der Waals surface area (Å²) in [5.74, 6) is -3.56. The Bertz CT molecular complexity index is 358. The topological polar surface area (TPSA) is 66.4 Å². The molecule has 1 rings (SSSR count). The van der Waals surface area contributed by atoms with Crippen LogP contribution in [0.15, 0.2) is 0 Å². The van der Waals surface area contributed by atoms with Crippen LogP contribution in [0, 0.1) is 0 Å². The molecule has 18 heavy (non-hydrogen) atoms. The van der Waals surface area contributed by atoms with Gasteiger partial charge < -0.3 is 10.4 Å². The third kappa shape index (κ3) is 3.24. The highest BCUT2D eigenvalue weighted by molar-refractivity contribution is 6.77. The van der Waals surface area contributed by atoms with Crippen LogP contribution in [0.25, 0.3) is 0 Å². The molecule has 0 aromatic rings. The molecule has 1 heterocycles. The van der Waals surface area contributed by atoms with Crippen molar-refractivity contribution in [1.29, 1.82) is 0 Å². The summed E-state index contributed by atoms with van der Waals surface area (Å²) in [5.41, 5.74) is -1.75. The largest absolute Gasteiger partial charge is 0.480 e. The molecule has 0 unspecified atom stereocenters. The molecule has 4 nitrogen and oxygen atoms in total. The molecule has 0 aliphatic carbocycles. The Morgan fingerprint density at radius 3 is 2.00 bits per heavy atom. The van der Waals surface area contributed by atoms with Gasteiger partial charge in [0, 0.05) is 8.07 Å². The van der Waals surface area contributed by atoms with Gasteiger partial charge in [0.15, 0.2) is 0 Å². The van der Waals surface area contributed by atoms with Crippen LogP contribution in [0.2, 0.25) is 25.2 Å². The molecule has 0 aromatic carbocycles. The fraction of sp³-hybridized carbons (Fsp3) is 0.800. The van der Waals surface area contributed by atoms with E-state index in [0.717, 1.165) is 0 Å². The molecule has 0 radical (unpaired) electrons. The zero-order valence-corrected chi connectivity index (χ0v) is 11.2. The maximum atomic E-state index is 12.2. The maximum absolute atomic E-state index is 12.2. The Hall–Kier alpha value is -1.05. The average Bonchev–Trinajstić information content (AvgIpc) is 2.19. The van der Waals surface area contributed by atoms with E-state index in [1.165, 1.54) is 0 Å². The van der Waals surface area contributed by atoms with Crippen LogP contribution in [0.4, 0.5) is 13.2 Å². The van der Waals surface area contributed by atoms with Crippen LogP contribution >= 0.6 is 0 Å². The van der Waals surface area contributed by atoms with Crippen LogP contribution in [0.3, 0.4) is 0 Å². The molecule has 0 atom stereocenters. The lowest BCUT2D eigenvalue weighted by atomic mass is 9.92. The smallest absolute Gasteiger partial charge is 0.471 e. The SMILES string of the molecule is C[Si]1(C)CCC(NC(=O)C(F)(F)F)(C(=O)O)CC1. The third-order valence-corrected chi connectivity index (χ3v) is 6.68. The Morgan fingerprint density at radius 1 is 1.22 bits per heavy atom. The molecule has 1 saturated heterocycles. The first-order valence-electron chi connectivity index (χ1n) is 5.61. The summed E-state index contributed by atoms with van der Waals surface area (Å²) in [5, 5.41) is 10.8. The second-order valence-corrected chi connectivity index (χ2v) is 10.8. The van der Waals surface area contributed by atoms with Crippen LogP contribution in [0.5, 0.6) is 0 Å². The zero-order valence-electron chi connectivity index (χ0n) is 10.2. The first kappa shape index (κ1) is 15.0. The number of carbonyl (C=O) groups excluding carboxylic acids is 1. The van der Waals surface area contributed by atoms with E-state index < -0.39 is 31.7 Å². The lowest BCUT2D eigenvalue weighted by Gasteiger charge is -2.40. The first-order valence-corrected chi connectivity index (χ1v) is 9.03. The van der Waals surface area contributed by atoms with E-state index in [4.69, 9.17) is 5.11 Å². The van der Waals surface area contributed by atoms with Gasteiger partial charge in [0.25, 0.3) is 0 Å². The molecule has 2 N–H and O–H groups in total. The van der Waals surface area contributed by atoms with E-state index in [2.05, 4.69) is 13.1 Å². The summed E-state index contributed by atoms with van der Waals surface area (Å²) < 4.78 is 36.6. The molecular weight excluding hydrogens is 267 g/mol. The van der Waals surface area contributed by atoms with Gasteiger partial charge in [0.2, 0.25) is 0 Å². The van der Waals surface area contributed by atoms with Gasteiger partial charge in [0.1, 0.15) is 5.54 Å². The standard InChI is InChI=1S/C10H16F3NO3Si/c1-18(2)5-3-9(4-6-18,8(16)17)14-7(15)10(11,12)13/h3-6H2,1-2H3,(H,14,15)(H,16,17). The van der Waals surface area contributed by atoms with Crippen LogP contribution in [-0.2, 0) is 9.59 Å². The molecule has 0 spiro atoms. The lowest BCUT2D eigenvalue weighted by Crippen LogP contribution is -2.60. The van der Waals surface area contributed by atoms with Crippen molar-refractivity contribution in [2.75, 3.05) is 0 Å². The number of alkyl halides is 3. The van der Waals surface area contributed by atoms with Crippen molar-refractivity contribution in [3.05, 3.63) is 0 Å². The second kappa shape index (κ2) is 4.56. The van der Waals surface area contributed by atoms with Crippen molar-refractivity contribution in [2.24, 2.45) is 0 Å². The van der Waals surface area contributed by atoms with Gasteiger partial charge in [-0.3, -0.25) is 4.79 Å². The highest BCUT2D eigenvalue weighted by Crippen LogP contribution is 2.36. The summed E-state index contributed by atoms with van der Waals surface area (Å²) in [6, 6.07) is 1.19. The first-order chi connectivity index (χ1) is 7.99. The van der Waals surface area contributed by atoms with E-state index in [0.29, 0.717) is 12.1 Å². The van der Waals surface area contributed by atoms with Crippen molar-refractivity contribution in [3.8, 4) is 0 Å². The molecule has 1 aliphatic rings. The zero-order chi connectivity index (χ0) is 14.2. The van der Waals surface area contributed by atoms with Gasteiger partial charge in [-0.15, -0.1) is 0 Å². The lowest BCUT2D eigenvalue weighted by molar-refractivity contribution is -0.178. The number of amides is 1. The fourth-order valence-electron chi connectivity index (χ4n) is 2.03. The molecule has 0 saturated carbocycles. The van der Waals surface area contributed by atoms with Crippen molar-refractivity contribution >= 4 is 20.0 Å². The number of halogens is 3. The van der Waals surface area contributed by atoms with E-state index in [-0.39, 0.29) is 12.8 Å². The van der Waals surface area contributed by atoms with Gasteiger partial charge in [-0.05, 0) is 12.8 Å². The quantitative estimate of drug-likeness (QED) is 0.762. The number of nitrogens with one attached hydrogen (secondary N) is 1. The maximum Gasteiger partial charge on any atom is 0.471 e. The summed E-state index contributed by atoms with van der Waals surface area (Å²) in [7, 11) is -1.52. The highest BCUT2D eigenvalue weighted by atomic mass is 28.3. The number of carboxylic acid groups (broad SMARTS) is 1. The van der Waals surface area contributed by atoms with Crippen LogP contribution in [-0.4, -0.2) is 36.8 Å². The van der Waals surface area contributed by atoms with E-state index in [1.807, 2.05) is 0 Å². The Balaban J connectivity index is 2.85. The normalized spacial score (nSPS) is 22.3. The minimum atomic E-state index is -5.05. The predicted molar refractivity (Wildman–Crippen MR) is 60.9 cm³/mol. The monoisotopic (exact) mass is 283 g/mol. The number of aliphatic carboxylic acids is 1. The molecule has 104 valence electrons. The predicted octanol–water partition coefficient (Wildman–Crippen LogP) is 1.99. The van der Waals surface area contributed by atoms with Crippen LogP contribution < -0.4 is 5.32 Å². The van der Waals surface area contributed by atoms with Crippen molar-refractivity contribution in [2.45, 2.75) is 49.7 Å². The Labute approximate surface area is 104 Å². The summed E-state index contributed by atoms with van der Waals surface area (Å²) in [4.78, 5) is 22.1. The van der Waals surface area contributed by atoms with Gasteiger partial charge in [-0.1, -0.05) is 25.2 Å².